The van der Waals surface area contributed by atoms with Gasteiger partial charge in [-0.15, -0.1) is 12.4 Å². The molecule has 3 N–H and O–H groups in total. The summed E-state index contributed by atoms with van der Waals surface area (Å²) in [5, 5.41) is 8.04. The van der Waals surface area contributed by atoms with Crippen LogP contribution in [-0.2, 0) is 9.59 Å². The maximum absolute atomic E-state index is 13.2. The zero-order chi connectivity index (χ0) is 17.9. The van der Waals surface area contributed by atoms with E-state index in [0.717, 1.165) is 25.7 Å². The van der Waals surface area contributed by atoms with Crippen molar-refractivity contribution in [3.8, 4) is 0 Å². The van der Waals surface area contributed by atoms with Gasteiger partial charge in [-0.1, -0.05) is 25.3 Å². The van der Waals surface area contributed by atoms with Crippen LogP contribution >= 0.6 is 12.4 Å². The summed E-state index contributed by atoms with van der Waals surface area (Å²) in [5.74, 6) is -3.30. The molecule has 0 spiro atoms. The second-order valence-corrected chi connectivity index (χ2v) is 6.89. The van der Waals surface area contributed by atoms with Crippen molar-refractivity contribution >= 4 is 35.6 Å². The van der Waals surface area contributed by atoms with Crippen molar-refractivity contribution in [2.45, 2.75) is 50.5 Å². The van der Waals surface area contributed by atoms with Crippen molar-refractivity contribution in [1.29, 1.82) is 0 Å². The molecule has 1 heterocycles. The molecule has 2 amide bonds. The van der Waals surface area contributed by atoms with Gasteiger partial charge in [0.05, 0.1) is 12.6 Å². The van der Waals surface area contributed by atoms with Crippen LogP contribution in [-0.4, -0.2) is 30.3 Å². The van der Waals surface area contributed by atoms with Crippen molar-refractivity contribution in [2.75, 3.05) is 17.2 Å². The summed E-state index contributed by atoms with van der Waals surface area (Å²) in [6.07, 6.45) is 4.64. The number of alkyl halides is 2. The van der Waals surface area contributed by atoms with Gasteiger partial charge < -0.3 is 10.6 Å². The van der Waals surface area contributed by atoms with Crippen LogP contribution in [0.1, 0.15) is 38.5 Å². The van der Waals surface area contributed by atoms with Crippen LogP contribution < -0.4 is 16.0 Å². The Kier molecular flexibility index (Phi) is 6.94. The van der Waals surface area contributed by atoms with E-state index in [0.29, 0.717) is 11.4 Å². The molecule has 1 aromatic carbocycles. The molecule has 0 aromatic heterocycles. The van der Waals surface area contributed by atoms with E-state index < -0.39 is 30.8 Å². The molecule has 1 saturated heterocycles. The van der Waals surface area contributed by atoms with E-state index in [1.54, 1.807) is 24.3 Å². The number of hydrogen-bond donors (Lipinski definition) is 3. The summed E-state index contributed by atoms with van der Waals surface area (Å²) >= 11 is 0. The predicted molar refractivity (Wildman–Crippen MR) is 98.9 cm³/mol. The number of nitrogens with one attached hydrogen (secondary N) is 3. The van der Waals surface area contributed by atoms with Gasteiger partial charge in [0.25, 0.3) is 5.92 Å². The normalized spacial score (nSPS) is 22.3. The van der Waals surface area contributed by atoms with Crippen molar-refractivity contribution in [3.05, 3.63) is 24.3 Å². The molecule has 1 aromatic rings. The molecule has 144 valence electrons. The first-order valence-electron chi connectivity index (χ1n) is 8.76. The maximum Gasteiger partial charge on any atom is 0.262 e. The van der Waals surface area contributed by atoms with Gasteiger partial charge in [0, 0.05) is 23.7 Å². The van der Waals surface area contributed by atoms with Gasteiger partial charge in [0.15, 0.2) is 0 Å². The number of rotatable bonds is 4. The number of anilines is 2. The minimum absolute atomic E-state index is 0. The lowest BCUT2D eigenvalue weighted by Crippen LogP contribution is -2.35. The van der Waals surface area contributed by atoms with E-state index in [1.165, 1.54) is 6.42 Å². The van der Waals surface area contributed by atoms with Gasteiger partial charge in [-0.3, -0.25) is 14.9 Å². The third-order valence-electron chi connectivity index (χ3n) is 4.80. The second kappa shape index (κ2) is 8.77. The number of carbonyl (C=O) groups excluding carboxylic acids is 2. The Bertz CT molecular complexity index is 651. The number of amides is 2. The van der Waals surface area contributed by atoms with E-state index in [2.05, 4.69) is 16.0 Å². The first-order chi connectivity index (χ1) is 11.9. The summed E-state index contributed by atoms with van der Waals surface area (Å²) in [7, 11) is 0. The fourth-order valence-electron chi connectivity index (χ4n) is 3.41. The molecule has 8 heteroatoms. The highest BCUT2D eigenvalue weighted by molar-refractivity contribution is 5.97. The molecule has 2 aliphatic rings. The lowest BCUT2D eigenvalue weighted by molar-refractivity contribution is -0.120. The van der Waals surface area contributed by atoms with Crippen molar-refractivity contribution in [3.63, 3.8) is 0 Å². The number of benzene rings is 1. The summed E-state index contributed by atoms with van der Waals surface area (Å²) in [6, 6.07) is 5.86. The predicted octanol–water partition coefficient (Wildman–Crippen LogP) is 3.56. The zero-order valence-electron chi connectivity index (χ0n) is 14.4. The van der Waals surface area contributed by atoms with Crippen LogP contribution in [0.3, 0.4) is 0 Å². The van der Waals surface area contributed by atoms with Crippen LogP contribution in [0.25, 0.3) is 0 Å². The molecule has 0 radical (unpaired) electrons. The standard InChI is InChI=1S/C18H23F2N3O2.ClH/c19-18(20)10-15(21-11-18)17(25)23-14-8-4-7-13(9-14)22-16(24)12-5-2-1-3-6-12;/h4,7-9,12,15,21H,1-3,5-6,10-11H2,(H,22,24)(H,23,25);1H. The zero-order valence-corrected chi connectivity index (χ0v) is 15.2. The first-order valence-corrected chi connectivity index (χ1v) is 8.76. The van der Waals surface area contributed by atoms with Gasteiger partial charge in [0.1, 0.15) is 0 Å². The van der Waals surface area contributed by atoms with E-state index in [4.69, 9.17) is 0 Å². The Morgan fingerprint density at radius 2 is 1.65 bits per heavy atom. The highest BCUT2D eigenvalue weighted by atomic mass is 35.5. The fraction of sp³-hybridized carbons (Fsp3) is 0.556. The van der Waals surface area contributed by atoms with Crippen molar-refractivity contribution < 1.29 is 18.4 Å². The molecule has 1 aliphatic carbocycles. The van der Waals surface area contributed by atoms with E-state index in [9.17, 15) is 18.4 Å². The summed E-state index contributed by atoms with van der Waals surface area (Å²) in [5.41, 5.74) is 1.07. The van der Waals surface area contributed by atoms with Crippen LogP contribution in [0.5, 0.6) is 0 Å². The summed E-state index contributed by atoms with van der Waals surface area (Å²) in [4.78, 5) is 24.4. The Hall–Kier alpha value is -1.73. The van der Waals surface area contributed by atoms with Gasteiger partial charge >= 0.3 is 0 Å². The Morgan fingerprint density at radius 3 is 2.23 bits per heavy atom. The number of halogens is 3. The molecule has 26 heavy (non-hydrogen) atoms. The minimum Gasteiger partial charge on any atom is -0.326 e. The molecule has 2 fully saturated rings. The maximum atomic E-state index is 13.2. The topological polar surface area (TPSA) is 70.2 Å². The number of carbonyl (C=O) groups is 2. The lowest BCUT2D eigenvalue weighted by atomic mass is 9.88. The highest BCUT2D eigenvalue weighted by Crippen LogP contribution is 2.27. The first kappa shape index (κ1) is 20.6. The monoisotopic (exact) mass is 387 g/mol. The van der Waals surface area contributed by atoms with Gasteiger partial charge in [-0.05, 0) is 31.0 Å². The third kappa shape index (κ3) is 5.38. The quantitative estimate of drug-likeness (QED) is 0.739. The second-order valence-electron chi connectivity index (χ2n) is 6.89. The Labute approximate surface area is 157 Å². The van der Waals surface area contributed by atoms with E-state index in [1.807, 2.05) is 0 Å². The average Bonchev–Trinajstić information content (AvgIpc) is 2.96. The van der Waals surface area contributed by atoms with E-state index in [-0.39, 0.29) is 24.2 Å². The largest absolute Gasteiger partial charge is 0.326 e. The molecule has 1 saturated carbocycles. The van der Waals surface area contributed by atoms with Crippen LogP contribution in [0.4, 0.5) is 20.2 Å². The third-order valence-corrected chi connectivity index (χ3v) is 4.80. The molecule has 0 bridgehead atoms. The van der Waals surface area contributed by atoms with Gasteiger partial charge in [-0.2, -0.15) is 0 Å². The molecular weight excluding hydrogens is 364 g/mol. The number of hydrogen-bond acceptors (Lipinski definition) is 3. The fourth-order valence-corrected chi connectivity index (χ4v) is 3.41. The average molecular weight is 388 g/mol. The minimum atomic E-state index is -2.85. The van der Waals surface area contributed by atoms with Crippen LogP contribution in [0, 0.1) is 5.92 Å². The highest BCUT2D eigenvalue weighted by Gasteiger charge is 2.42. The molecule has 1 unspecified atom stereocenters. The Balaban J connectivity index is 0.00000243. The SMILES string of the molecule is Cl.O=C(Nc1cccc(NC(=O)C2CC(F)(F)CN2)c1)C1CCCCC1. The van der Waals surface area contributed by atoms with Gasteiger partial charge in [0.2, 0.25) is 11.8 Å². The molecule has 5 nitrogen and oxygen atoms in total. The molecule has 3 rings (SSSR count). The Morgan fingerprint density at radius 1 is 1.04 bits per heavy atom. The smallest absolute Gasteiger partial charge is 0.262 e. The van der Waals surface area contributed by atoms with Gasteiger partial charge in [-0.25, -0.2) is 8.78 Å². The van der Waals surface area contributed by atoms with Crippen LogP contribution in [0.2, 0.25) is 0 Å². The molecular formula is C18H24ClF2N3O2. The summed E-state index contributed by atoms with van der Waals surface area (Å²) < 4.78 is 26.4. The lowest BCUT2D eigenvalue weighted by Gasteiger charge is -2.21. The van der Waals surface area contributed by atoms with Crippen molar-refractivity contribution in [1.82, 2.24) is 5.32 Å². The van der Waals surface area contributed by atoms with E-state index >= 15 is 0 Å². The van der Waals surface area contributed by atoms with Crippen LogP contribution in [0.15, 0.2) is 24.3 Å². The summed E-state index contributed by atoms with van der Waals surface area (Å²) in [6.45, 7) is -0.484. The molecule has 1 atom stereocenters. The molecule has 1 aliphatic heterocycles. The van der Waals surface area contributed by atoms with Crippen molar-refractivity contribution in [2.24, 2.45) is 5.92 Å².